The molecular formula is C38H64O9. The Morgan fingerprint density at radius 2 is 1.04 bits per heavy atom. The minimum absolute atomic E-state index is 0.00635. The largest absolute Gasteiger partial charge is 0.382 e. The van der Waals surface area contributed by atoms with Crippen LogP contribution in [-0.2, 0) is 33.7 Å². The number of hydrogen-bond donors (Lipinski definition) is 2. The molecule has 2 saturated carbocycles. The average molecular weight is 665 g/mol. The summed E-state index contributed by atoms with van der Waals surface area (Å²) in [4.78, 5) is 74.8. The van der Waals surface area contributed by atoms with Gasteiger partial charge in [-0.3, -0.25) is 14.4 Å². The first-order chi connectivity index (χ1) is 22.7. The van der Waals surface area contributed by atoms with Gasteiger partial charge in [0.25, 0.3) is 0 Å². The molecule has 4 unspecified atom stereocenters. The van der Waals surface area contributed by atoms with Crippen LogP contribution < -0.4 is 0 Å². The van der Waals surface area contributed by atoms with Crippen molar-refractivity contribution >= 4 is 29.3 Å². The molecule has 2 fully saturated rings. The van der Waals surface area contributed by atoms with Crippen molar-refractivity contribution < 1.29 is 44.0 Å². The molecule has 9 heteroatoms. The van der Waals surface area contributed by atoms with Gasteiger partial charge in [-0.05, 0) is 12.8 Å². The minimum Gasteiger partial charge on any atom is -0.382 e. The predicted octanol–water partition coefficient (Wildman–Crippen LogP) is 7.99. The molecule has 47 heavy (non-hydrogen) atoms. The van der Waals surface area contributed by atoms with Crippen molar-refractivity contribution in [3.8, 4) is 0 Å². The van der Waals surface area contributed by atoms with E-state index in [1.807, 2.05) is 0 Å². The number of hydrogen-bond acceptors (Lipinski definition) is 9. The molecule has 0 spiro atoms. The van der Waals surface area contributed by atoms with Crippen LogP contribution in [0, 0.1) is 11.3 Å². The lowest BCUT2D eigenvalue weighted by atomic mass is 9.63. The Morgan fingerprint density at radius 3 is 1.49 bits per heavy atom. The highest BCUT2D eigenvalue weighted by molar-refractivity contribution is 6.35. The molecule has 0 aromatic heterocycles. The van der Waals surface area contributed by atoms with E-state index in [-0.39, 0.29) is 12.8 Å². The second-order valence-electron chi connectivity index (χ2n) is 14.2. The first kappa shape index (κ1) is 41.0. The molecule has 0 amide bonds. The highest BCUT2D eigenvalue weighted by Gasteiger charge is 2.79. The zero-order valence-electron chi connectivity index (χ0n) is 29.5. The summed E-state index contributed by atoms with van der Waals surface area (Å²) in [7, 11) is 0. The normalized spacial score (nSPS) is 23.8. The fourth-order valence-electron chi connectivity index (χ4n) is 7.35. The first-order valence-electron chi connectivity index (χ1n) is 19.1. The van der Waals surface area contributed by atoms with Crippen LogP contribution in [0.15, 0.2) is 0 Å². The third-order valence-corrected chi connectivity index (χ3v) is 10.3. The van der Waals surface area contributed by atoms with Crippen LogP contribution in [0.1, 0.15) is 187 Å². The summed E-state index contributed by atoms with van der Waals surface area (Å²) in [6.45, 7) is 4.42. The summed E-state index contributed by atoms with van der Waals surface area (Å²) >= 11 is 0. The Morgan fingerprint density at radius 1 is 0.638 bits per heavy atom. The van der Waals surface area contributed by atoms with E-state index in [9.17, 15) is 34.2 Å². The number of aliphatic hydroxyl groups excluding tert-OH is 1. The van der Waals surface area contributed by atoms with E-state index >= 15 is 0 Å². The van der Waals surface area contributed by atoms with E-state index in [1.54, 1.807) is 0 Å². The van der Waals surface area contributed by atoms with Crippen LogP contribution in [0.3, 0.4) is 0 Å². The van der Waals surface area contributed by atoms with Gasteiger partial charge in [-0.15, -0.1) is 0 Å². The Bertz CT molecular complexity index is 978. The van der Waals surface area contributed by atoms with Gasteiger partial charge in [-0.2, -0.15) is 0 Å². The van der Waals surface area contributed by atoms with E-state index in [0.717, 1.165) is 44.9 Å². The molecule has 9 nitrogen and oxygen atoms in total. The molecule has 0 radical (unpaired) electrons. The molecule has 2 aliphatic carbocycles. The number of aliphatic hydroxyl groups is 2. The van der Waals surface area contributed by atoms with Gasteiger partial charge in [-0.25, -0.2) is 19.4 Å². The standard InChI is InChI=1S/C38H64O9/c1-3-5-7-9-11-13-15-16-18-20-22-24-26-28-32(40)46-47-36(44)38-30(27-25-23-21-19-17-14-12-10-8-6-4-2)31(39)29-37(45,35(38)43)33(41)34(38)42/h30,33,41,45H,3-29H2,1-2H3. The smallest absolute Gasteiger partial charge is 0.377 e. The zero-order chi connectivity index (χ0) is 34.5. The third kappa shape index (κ3) is 12.1. The van der Waals surface area contributed by atoms with Crippen molar-refractivity contribution in [1.82, 2.24) is 0 Å². The number of carbonyl (C=O) groups excluding carboxylic acids is 5. The molecule has 4 atom stereocenters. The maximum Gasteiger partial charge on any atom is 0.377 e. The third-order valence-electron chi connectivity index (χ3n) is 10.3. The molecule has 2 aliphatic rings. The number of unbranched alkanes of at least 4 members (excludes halogenated alkanes) is 22. The highest BCUT2D eigenvalue weighted by Crippen LogP contribution is 2.52. The summed E-state index contributed by atoms with van der Waals surface area (Å²) < 4.78 is 0. The molecule has 2 rings (SSSR count). The maximum atomic E-state index is 13.4. The van der Waals surface area contributed by atoms with Gasteiger partial charge in [0.2, 0.25) is 5.41 Å². The van der Waals surface area contributed by atoms with E-state index in [2.05, 4.69) is 13.8 Å². The Hall–Kier alpha value is -2.13. The van der Waals surface area contributed by atoms with Crippen molar-refractivity contribution in [3.63, 3.8) is 0 Å². The number of rotatable bonds is 27. The summed E-state index contributed by atoms with van der Waals surface area (Å²) in [5.41, 5.74) is -5.39. The molecular weight excluding hydrogens is 600 g/mol. The number of Topliss-reactive ketones (excluding diaryl/α,β-unsaturated/α-hetero) is 3. The summed E-state index contributed by atoms with van der Waals surface area (Å²) in [5, 5.41) is 21.3. The molecule has 270 valence electrons. The number of carbonyl (C=O) groups is 5. The topological polar surface area (TPSA) is 144 Å². The van der Waals surface area contributed by atoms with Crippen molar-refractivity contribution in [2.24, 2.45) is 11.3 Å². The summed E-state index contributed by atoms with van der Waals surface area (Å²) in [6, 6.07) is 0. The molecule has 0 saturated heterocycles. The molecule has 0 aromatic carbocycles. The van der Waals surface area contributed by atoms with Crippen LogP contribution >= 0.6 is 0 Å². The molecule has 0 aromatic rings. The van der Waals surface area contributed by atoms with Gasteiger partial charge in [0.05, 0.1) is 6.42 Å². The SMILES string of the molecule is CCCCCCCCCCCCCCCC(=O)OOC(=O)C12C(=O)C(O)C(O)(CC(=O)C1CCCCCCCCCCCCC)C2=O. The van der Waals surface area contributed by atoms with Crippen LogP contribution in [0.5, 0.6) is 0 Å². The van der Waals surface area contributed by atoms with Crippen molar-refractivity contribution in [2.75, 3.05) is 0 Å². The average Bonchev–Trinajstić information content (AvgIpc) is 3.15. The molecule has 2 bridgehead atoms. The van der Waals surface area contributed by atoms with Crippen LogP contribution in [0.4, 0.5) is 0 Å². The van der Waals surface area contributed by atoms with Gasteiger partial charge in [0.1, 0.15) is 5.78 Å². The van der Waals surface area contributed by atoms with Crippen LogP contribution in [0.25, 0.3) is 0 Å². The predicted molar refractivity (Wildman–Crippen MR) is 180 cm³/mol. The molecule has 2 N–H and O–H groups in total. The van der Waals surface area contributed by atoms with E-state index in [1.165, 1.54) is 96.3 Å². The highest BCUT2D eigenvalue weighted by atomic mass is 17.2. The zero-order valence-corrected chi connectivity index (χ0v) is 29.5. The first-order valence-corrected chi connectivity index (χ1v) is 19.1. The lowest BCUT2D eigenvalue weighted by molar-refractivity contribution is -0.266. The Labute approximate surface area is 283 Å². The second kappa shape index (κ2) is 22.5. The van der Waals surface area contributed by atoms with E-state index < -0.39 is 58.7 Å². The van der Waals surface area contributed by atoms with Gasteiger partial charge in [0.15, 0.2) is 23.3 Å². The summed E-state index contributed by atoms with van der Waals surface area (Å²) in [5.74, 6) is -6.88. The quantitative estimate of drug-likeness (QED) is 0.0386. The monoisotopic (exact) mass is 664 g/mol. The minimum atomic E-state index is -2.71. The number of fused-ring (bicyclic) bond motifs is 2. The van der Waals surface area contributed by atoms with Crippen molar-refractivity contribution in [3.05, 3.63) is 0 Å². The van der Waals surface area contributed by atoms with E-state index in [0.29, 0.717) is 12.8 Å². The van der Waals surface area contributed by atoms with Gasteiger partial charge >= 0.3 is 11.9 Å². The van der Waals surface area contributed by atoms with Crippen molar-refractivity contribution in [2.45, 2.75) is 199 Å². The molecule has 0 heterocycles. The van der Waals surface area contributed by atoms with Gasteiger partial charge in [0, 0.05) is 12.3 Å². The lowest BCUT2D eigenvalue weighted by Gasteiger charge is -2.36. The number of ketones is 3. The molecule has 0 aliphatic heterocycles. The van der Waals surface area contributed by atoms with Gasteiger partial charge in [-0.1, -0.05) is 162 Å². The van der Waals surface area contributed by atoms with Crippen LogP contribution in [0.2, 0.25) is 0 Å². The Balaban J connectivity index is 1.76. The van der Waals surface area contributed by atoms with Crippen molar-refractivity contribution in [1.29, 1.82) is 0 Å². The Kier molecular flexibility index (Phi) is 19.6. The van der Waals surface area contributed by atoms with Crippen LogP contribution in [-0.4, -0.2) is 51.2 Å². The van der Waals surface area contributed by atoms with E-state index in [4.69, 9.17) is 9.78 Å². The van der Waals surface area contributed by atoms with Gasteiger partial charge < -0.3 is 10.2 Å². The summed E-state index contributed by atoms with van der Waals surface area (Å²) in [6.07, 6.45) is 23.7. The maximum absolute atomic E-state index is 13.4. The fraction of sp³-hybridized carbons (Fsp3) is 0.868. The second-order valence-corrected chi connectivity index (χ2v) is 14.2. The lowest BCUT2D eigenvalue weighted by Crippen LogP contribution is -2.59. The fourth-order valence-corrected chi connectivity index (χ4v) is 7.35.